The monoisotopic (exact) mass is 334 g/mol. The summed E-state index contributed by atoms with van der Waals surface area (Å²) in [5.41, 5.74) is 3.18. The van der Waals surface area contributed by atoms with Gasteiger partial charge in [-0.2, -0.15) is 15.6 Å². The van der Waals surface area contributed by atoms with E-state index in [1.165, 1.54) is 6.08 Å². The highest BCUT2D eigenvalue weighted by Crippen LogP contribution is 2.25. The first-order chi connectivity index (χ1) is 12.1. The summed E-state index contributed by atoms with van der Waals surface area (Å²) in [5.74, 6) is -0.662. The second kappa shape index (κ2) is 8.47. The minimum Gasteiger partial charge on any atom is -0.462 e. The topological polar surface area (TPSA) is 91.7 Å². The first-order valence-electron chi connectivity index (χ1n) is 7.89. The Bertz CT molecular complexity index is 864. The molecule has 2 aromatic rings. The molecule has 0 unspecified atom stereocenters. The lowest BCUT2D eigenvalue weighted by Gasteiger charge is -2.01. The van der Waals surface area contributed by atoms with E-state index in [2.05, 4.69) is 11.2 Å². The predicted octanol–water partition coefficient (Wildman–Crippen LogP) is 3.24. The normalized spacial score (nSPS) is 10.8. The van der Waals surface area contributed by atoms with Crippen molar-refractivity contribution in [2.24, 2.45) is 0 Å². The van der Waals surface area contributed by atoms with Crippen LogP contribution in [0.15, 0.2) is 36.0 Å². The van der Waals surface area contributed by atoms with Crippen LogP contribution >= 0.6 is 0 Å². The highest BCUT2D eigenvalue weighted by molar-refractivity contribution is 5.98. The number of esters is 1. The van der Waals surface area contributed by atoms with Gasteiger partial charge in [0.15, 0.2) is 0 Å². The molecule has 0 atom stereocenters. The maximum absolute atomic E-state index is 11.9. The van der Waals surface area contributed by atoms with Gasteiger partial charge in [-0.25, -0.2) is 4.79 Å². The van der Waals surface area contributed by atoms with Crippen LogP contribution in [0.2, 0.25) is 0 Å². The van der Waals surface area contributed by atoms with Gasteiger partial charge in [-0.1, -0.05) is 29.8 Å². The molecule has 0 aliphatic heterocycles. The number of nitrogens with zero attached hydrogens (tertiary/aromatic N) is 4. The zero-order valence-electron chi connectivity index (χ0n) is 14.2. The van der Waals surface area contributed by atoms with Crippen LogP contribution in [-0.2, 0) is 16.1 Å². The standard InChI is InChI=1S/C19H18N4O2/c1-3-25-19(24)16(12-21)11-17-13-23(10-4-9-20)22-18(17)15-7-5-14(2)6-8-15/h5-8,11,13H,3-4,10H2,1-2H3/b16-11+. The lowest BCUT2D eigenvalue weighted by molar-refractivity contribution is -0.137. The summed E-state index contributed by atoms with van der Waals surface area (Å²) < 4.78 is 6.54. The summed E-state index contributed by atoms with van der Waals surface area (Å²) in [6, 6.07) is 11.7. The van der Waals surface area contributed by atoms with Gasteiger partial charge in [0.25, 0.3) is 0 Å². The molecular formula is C19H18N4O2. The molecule has 0 spiro atoms. The van der Waals surface area contributed by atoms with E-state index in [0.717, 1.165) is 11.1 Å². The number of carbonyl (C=O) groups excluding carboxylic acids is 1. The fraction of sp³-hybridized carbons (Fsp3) is 0.263. The van der Waals surface area contributed by atoms with Crippen LogP contribution in [0.4, 0.5) is 0 Å². The molecule has 1 aromatic heterocycles. The maximum atomic E-state index is 11.9. The van der Waals surface area contributed by atoms with Crippen LogP contribution in [0.3, 0.4) is 0 Å². The summed E-state index contributed by atoms with van der Waals surface area (Å²) in [6.45, 7) is 4.31. The third-order valence-corrected chi connectivity index (χ3v) is 3.48. The minimum atomic E-state index is -0.662. The molecule has 2 rings (SSSR count). The Morgan fingerprint density at radius 1 is 1.32 bits per heavy atom. The Balaban J connectivity index is 2.49. The van der Waals surface area contributed by atoms with E-state index >= 15 is 0 Å². The first kappa shape index (κ1) is 18.0. The number of aryl methyl sites for hydroxylation is 2. The van der Waals surface area contributed by atoms with E-state index in [-0.39, 0.29) is 12.2 Å². The van der Waals surface area contributed by atoms with Gasteiger partial charge in [0, 0.05) is 17.3 Å². The average molecular weight is 334 g/mol. The number of rotatable bonds is 6. The molecule has 6 nitrogen and oxygen atoms in total. The highest BCUT2D eigenvalue weighted by atomic mass is 16.5. The van der Waals surface area contributed by atoms with E-state index in [9.17, 15) is 10.1 Å². The quantitative estimate of drug-likeness (QED) is 0.459. The molecule has 0 aliphatic carbocycles. The van der Waals surface area contributed by atoms with Crippen molar-refractivity contribution in [1.82, 2.24) is 9.78 Å². The largest absolute Gasteiger partial charge is 0.462 e. The van der Waals surface area contributed by atoms with E-state index in [1.807, 2.05) is 37.3 Å². The fourth-order valence-electron chi connectivity index (χ4n) is 2.26. The second-order valence-corrected chi connectivity index (χ2v) is 5.36. The summed E-state index contributed by atoms with van der Waals surface area (Å²) >= 11 is 0. The van der Waals surface area contributed by atoms with Gasteiger partial charge < -0.3 is 4.74 Å². The van der Waals surface area contributed by atoms with Crippen molar-refractivity contribution in [3.8, 4) is 23.4 Å². The molecule has 0 radical (unpaired) electrons. The third-order valence-electron chi connectivity index (χ3n) is 3.48. The van der Waals surface area contributed by atoms with Crippen LogP contribution in [0.25, 0.3) is 17.3 Å². The number of hydrogen-bond acceptors (Lipinski definition) is 5. The molecular weight excluding hydrogens is 316 g/mol. The fourth-order valence-corrected chi connectivity index (χ4v) is 2.26. The van der Waals surface area contributed by atoms with Gasteiger partial charge in [-0.3, -0.25) is 4.68 Å². The van der Waals surface area contributed by atoms with Gasteiger partial charge in [0.05, 0.1) is 31.3 Å². The molecule has 126 valence electrons. The zero-order chi connectivity index (χ0) is 18.2. The summed E-state index contributed by atoms with van der Waals surface area (Å²) in [6.07, 6.45) is 3.52. The van der Waals surface area contributed by atoms with Crippen LogP contribution in [0, 0.1) is 29.6 Å². The molecule has 0 bridgehead atoms. The number of ether oxygens (including phenoxy) is 1. The van der Waals surface area contributed by atoms with Crippen molar-refractivity contribution in [2.75, 3.05) is 6.61 Å². The van der Waals surface area contributed by atoms with Crippen molar-refractivity contribution in [2.45, 2.75) is 26.8 Å². The first-order valence-corrected chi connectivity index (χ1v) is 7.89. The van der Waals surface area contributed by atoms with Crippen molar-refractivity contribution < 1.29 is 9.53 Å². The molecule has 0 aliphatic rings. The van der Waals surface area contributed by atoms with Crippen molar-refractivity contribution in [3.05, 3.63) is 47.2 Å². The van der Waals surface area contributed by atoms with Crippen molar-refractivity contribution in [1.29, 1.82) is 10.5 Å². The van der Waals surface area contributed by atoms with Gasteiger partial charge in [0.1, 0.15) is 11.6 Å². The number of hydrogen-bond donors (Lipinski definition) is 0. The van der Waals surface area contributed by atoms with Gasteiger partial charge in [0.2, 0.25) is 0 Å². The number of carbonyl (C=O) groups is 1. The molecule has 0 saturated carbocycles. The number of nitriles is 2. The number of aromatic nitrogens is 2. The Hall–Kier alpha value is -3.38. The van der Waals surface area contributed by atoms with Crippen LogP contribution in [-0.4, -0.2) is 22.4 Å². The Kier molecular flexibility index (Phi) is 6.08. The Morgan fingerprint density at radius 2 is 2.04 bits per heavy atom. The minimum absolute atomic E-state index is 0.0879. The van der Waals surface area contributed by atoms with Gasteiger partial charge in [-0.05, 0) is 19.9 Å². The van der Waals surface area contributed by atoms with E-state index in [1.54, 1.807) is 17.8 Å². The Morgan fingerprint density at radius 3 is 2.64 bits per heavy atom. The lowest BCUT2D eigenvalue weighted by atomic mass is 10.0. The molecule has 1 aromatic carbocycles. The smallest absolute Gasteiger partial charge is 0.348 e. The summed E-state index contributed by atoms with van der Waals surface area (Å²) in [5, 5.41) is 22.5. The van der Waals surface area contributed by atoms with Gasteiger partial charge >= 0.3 is 5.97 Å². The zero-order valence-corrected chi connectivity index (χ0v) is 14.2. The molecule has 0 amide bonds. The third kappa shape index (κ3) is 4.55. The van der Waals surface area contributed by atoms with Crippen LogP contribution in [0.1, 0.15) is 24.5 Å². The Labute approximate surface area is 146 Å². The van der Waals surface area contributed by atoms with Crippen molar-refractivity contribution in [3.63, 3.8) is 0 Å². The van der Waals surface area contributed by atoms with E-state index < -0.39 is 5.97 Å². The molecule has 1 heterocycles. The highest BCUT2D eigenvalue weighted by Gasteiger charge is 2.15. The summed E-state index contributed by atoms with van der Waals surface area (Å²) in [7, 11) is 0. The SMILES string of the molecule is CCOC(=O)/C(C#N)=C/c1cn(CCC#N)nc1-c1ccc(C)cc1. The molecule has 25 heavy (non-hydrogen) atoms. The van der Waals surface area contributed by atoms with E-state index in [4.69, 9.17) is 10.00 Å². The molecule has 0 saturated heterocycles. The van der Waals surface area contributed by atoms with Crippen LogP contribution in [0.5, 0.6) is 0 Å². The number of benzene rings is 1. The van der Waals surface area contributed by atoms with E-state index in [0.29, 0.717) is 24.2 Å². The average Bonchev–Trinajstić information content (AvgIpc) is 3.01. The van der Waals surface area contributed by atoms with Crippen LogP contribution < -0.4 is 0 Å². The summed E-state index contributed by atoms with van der Waals surface area (Å²) in [4.78, 5) is 11.9. The lowest BCUT2D eigenvalue weighted by Crippen LogP contribution is -2.06. The van der Waals surface area contributed by atoms with Crippen molar-refractivity contribution >= 4 is 12.0 Å². The predicted molar refractivity (Wildman–Crippen MR) is 92.9 cm³/mol. The molecule has 0 fully saturated rings. The second-order valence-electron chi connectivity index (χ2n) is 5.36. The molecule has 6 heteroatoms. The maximum Gasteiger partial charge on any atom is 0.348 e. The van der Waals surface area contributed by atoms with Gasteiger partial charge in [-0.15, -0.1) is 0 Å². The molecule has 0 N–H and O–H groups in total.